The van der Waals surface area contributed by atoms with Crippen LogP contribution in [0.4, 0.5) is 4.79 Å². The molecule has 0 bridgehead atoms. The van der Waals surface area contributed by atoms with Gasteiger partial charge in [0.2, 0.25) is 0 Å². The molecule has 0 aromatic heterocycles. The molecule has 1 atom stereocenters. The molecule has 1 aliphatic rings. The number of carbonyl (C=O) groups is 2. The molecule has 3 amide bonds. The Balaban J connectivity index is 1.97. The first kappa shape index (κ1) is 18.3. The third kappa shape index (κ3) is 3.20. The molecule has 0 spiro atoms. The van der Waals surface area contributed by atoms with Crippen LogP contribution in [0.25, 0.3) is 0 Å². The predicted molar refractivity (Wildman–Crippen MR) is 99.4 cm³/mol. The molecule has 4 nitrogen and oxygen atoms in total. The average molecular weight is 418 g/mol. The van der Waals surface area contributed by atoms with Crippen LogP contribution >= 0.6 is 46.4 Å². The maximum absolute atomic E-state index is 13.0. The van der Waals surface area contributed by atoms with Crippen molar-refractivity contribution in [1.82, 2.24) is 10.2 Å². The van der Waals surface area contributed by atoms with Crippen LogP contribution in [0.5, 0.6) is 0 Å². The smallest absolute Gasteiger partial charge is 0.319 e. The molecule has 25 heavy (non-hydrogen) atoms. The van der Waals surface area contributed by atoms with E-state index in [1.54, 1.807) is 37.3 Å². The molecular formula is C17H12Cl4N2O2. The average Bonchev–Trinajstić information content (AvgIpc) is 2.74. The minimum atomic E-state index is -1.30. The fourth-order valence-corrected chi connectivity index (χ4v) is 3.87. The molecule has 0 aliphatic carbocycles. The van der Waals surface area contributed by atoms with E-state index >= 15 is 0 Å². The van der Waals surface area contributed by atoms with Gasteiger partial charge < -0.3 is 5.32 Å². The summed E-state index contributed by atoms with van der Waals surface area (Å²) in [6, 6.07) is 9.20. The van der Waals surface area contributed by atoms with Crippen LogP contribution in [0.3, 0.4) is 0 Å². The highest BCUT2D eigenvalue weighted by atomic mass is 35.5. The number of benzene rings is 2. The zero-order chi connectivity index (χ0) is 18.4. The van der Waals surface area contributed by atoms with Gasteiger partial charge in [0, 0.05) is 31.2 Å². The number of hydrogen-bond donors (Lipinski definition) is 1. The van der Waals surface area contributed by atoms with Crippen molar-refractivity contribution < 1.29 is 9.59 Å². The molecule has 1 unspecified atom stereocenters. The van der Waals surface area contributed by atoms with Crippen molar-refractivity contribution >= 4 is 58.3 Å². The number of amides is 3. The monoisotopic (exact) mass is 416 g/mol. The Labute approximate surface area is 164 Å². The lowest BCUT2D eigenvalue weighted by Crippen LogP contribution is -2.41. The van der Waals surface area contributed by atoms with Gasteiger partial charge in [0.05, 0.1) is 6.54 Å². The maximum atomic E-state index is 13.0. The van der Waals surface area contributed by atoms with Crippen molar-refractivity contribution in [1.29, 1.82) is 0 Å². The van der Waals surface area contributed by atoms with Crippen molar-refractivity contribution in [2.75, 3.05) is 0 Å². The molecule has 8 heteroatoms. The summed E-state index contributed by atoms with van der Waals surface area (Å²) >= 11 is 24.4. The van der Waals surface area contributed by atoms with Crippen LogP contribution in [0.1, 0.15) is 18.1 Å². The first-order valence-electron chi connectivity index (χ1n) is 7.26. The Morgan fingerprint density at radius 3 is 2.24 bits per heavy atom. The second-order valence-corrected chi connectivity index (χ2v) is 7.43. The number of halogens is 4. The normalized spacial score (nSPS) is 20.1. The van der Waals surface area contributed by atoms with Crippen molar-refractivity contribution in [2.45, 2.75) is 19.0 Å². The van der Waals surface area contributed by atoms with E-state index in [4.69, 9.17) is 46.4 Å². The van der Waals surface area contributed by atoms with Gasteiger partial charge in [-0.15, -0.1) is 0 Å². The zero-order valence-corrected chi connectivity index (χ0v) is 16.0. The highest BCUT2D eigenvalue weighted by Gasteiger charge is 2.50. The number of carbonyl (C=O) groups excluding carboxylic acids is 2. The molecule has 2 aromatic rings. The number of nitrogens with zero attached hydrogens (tertiary/aromatic N) is 1. The molecule has 130 valence electrons. The van der Waals surface area contributed by atoms with Crippen LogP contribution in [0, 0.1) is 0 Å². The highest BCUT2D eigenvalue weighted by molar-refractivity contribution is 6.36. The van der Waals surface area contributed by atoms with Gasteiger partial charge in [0.15, 0.2) is 0 Å². The fraction of sp³-hybridized carbons (Fsp3) is 0.176. The van der Waals surface area contributed by atoms with Crippen LogP contribution in [-0.4, -0.2) is 16.8 Å². The van der Waals surface area contributed by atoms with Crippen molar-refractivity contribution in [2.24, 2.45) is 0 Å². The largest absolute Gasteiger partial charge is 0.325 e. The summed E-state index contributed by atoms with van der Waals surface area (Å²) < 4.78 is 0. The number of nitrogens with one attached hydrogen (secondary N) is 1. The molecule has 1 N–H and O–H groups in total. The van der Waals surface area contributed by atoms with E-state index < -0.39 is 17.5 Å². The van der Waals surface area contributed by atoms with E-state index in [1.807, 2.05) is 0 Å². The molecular weight excluding hydrogens is 406 g/mol. The maximum Gasteiger partial charge on any atom is 0.325 e. The molecule has 2 aromatic carbocycles. The summed E-state index contributed by atoms with van der Waals surface area (Å²) in [4.78, 5) is 26.5. The Hall–Kier alpha value is -1.46. The lowest BCUT2D eigenvalue weighted by Gasteiger charge is -2.23. The molecule has 0 saturated carbocycles. The van der Waals surface area contributed by atoms with E-state index in [0.717, 1.165) is 4.90 Å². The first-order chi connectivity index (χ1) is 11.7. The minimum Gasteiger partial charge on any atom is -0.319 e. The van der Waals surface area contributed by atoms with Crippen molar-refractivity contribution in [3.63, 3.8) is 0 Å². The van der Waals surface area contributed by atoms with Crippen LogP contribution in [0.2, 0.25) is 20.1 Å². The van der Waals surface area contributed by atoms with Crippen molar-refractivity contribution in [3.05, 3.63) is 67.6 Å². The van der Waals surface area contributed by atoms with E-state index in [1.165, 1.54) is 6.07 Å². The third-order valence-electron chi connectivity index (χ3n) is 4.12. The summed E-state index contributed by atoms with van der Waals surface area (Å²) in [7, 11) is 0. The zero-order valence-electron chi connectivity index (χ0n) is 12.9. The molecule has 0 radical (unpaired) electrons. The summed E-state index contributed by atoms with van der Waals surface area (Å²) in [6.45, 7) is 1.56. The van der Waals surface area contributed by atoms with Gasteiger partial charge in [-0.1, -0.05) is 58.5 Å². The van der Waals surface area contributed by atoms with Gasteiger partial charge in [0.1, 0.15) is 5.54 Å². The number of hydrogen-bond acceptors (Lipinski definition) is 2. The molecule has 1 aliphatic heterocycles. The second-order valence-electron chi connectivity index (χ2n) is 5.77. The predicted octanol–water partition coefficient (Wildman–Crippen LogP) is 5.27. The fourth-order valence-electron chi connectivity index (χ4n) is 2.76. The summed E-state index contributed by atoms with van der Waals surface area (Å²) in [5.74, 6) is -0.447. The van der Waals surface area contributed by atoms with Crippen LogP contribution in [-0.2, 0) is 16.9 Å². The van der Waals surface area contributed by atoms with Gasteiger partial charge in [-0.05, 0) is 31.2 Å². The second kappa shape index (κ2) is 6.69. The van der Waals surface area contributed by atoms with E-state index in [9.17, 15) is 9.59 Å². The van der Waals surface area contributed by atoms with E-state index in [-0.39, 0.29) is 6.54 Å². The van der Waals surface area contributed by atoms with Crippen LogP contribution < -0.4 is 5.32 Å². The Kier molecular flexibility index (Phi) is 4.91. The lowest BCUT2D eigenvalue weighted by molar-refractivity contribution is -0.131. The molecule has 1 fully saturated rings. The first-order valence-corrected chi connectivity index (χ1v) is 8.78. The Morgan fingerprint density at radius 2 is 1.64 bits per heavy atom. The van der Waals surface area contributed by atoms with Crippen LogP contribution in [0.15, 0.2) is 36.4 Å². The summed E-state index contributed by atoms with van der Waals surface area (Å²) in [5.41, 5.74) is -0.336. The SMILES string of the molecule is CC1(c2ccc(Cl)cc2Cl)NC(=O)N(Cc2c(Cl)cccc2Cl)C1=O. The Morgan fingerprint density at radius 1 is 1.00 bits per heavy atom. The van der Waals surface area contributed by atoms with Crippen molar-refractivity contribution in [3.8, 4) is 0 Å². The van der Waals surface area contributed by atoms with Gasteiger partial charge >= 0.3 is 6.03 Å². The quantitative estimate of drug-likeness (QED) is 0.691. The van der Waals surface area contributed by atoms with Gasteiger partial charge in [-0.2, -0.15) is 0 Å². The lowest BCUT2D eigenvalue weighted by atomic mass is 9.92. The molecule has 1 saturated heterocycles. The van der Waals surface area contributed by atoms with Gasteiger partial charge in [0.25, 0.3) is 5.91 Å². The number of urea groups is 1. The van der Waals surface area contributed by atoms with Gasteiger partial charge in [-0.3, -0.25) is 9.69 Å². The Bertz CT molecular complexity index is 867. The van der Waals surface area contributed by atoms with E-state index in [0.29, 0.717) is 31.2 Å². The summed E-state index contributed by atoms with van der Waals surface area (Å²) in [6.07, 6.45) is 0. The number of imide groups is 1. The van der Waals surface area contributed by atoms with E-state index in [2.05, 4.69) is 5.32 Å². The highest BCUT2D eigenvalue weighted by Crippen LogP contribution is 2.36. The molecule has 1 heterocycles. The summed E-state index contributed by atoms with van der Waals surface area (Å²) in [5, 5.41) is 4.18. The standard InChI is InChI=1S/C17H12Cl4N2O2/c1-17(11-6-5-9(18)7-14(11)21)15(24)23(16(25)22-17)8-10-12(19)3-2-4-13(10)20/h2-7H,8H2,1H3,(H,22,25). The molecule has 3 rings (SSSR count). The third-order valence-corrected chi connectivity index (χ3v) is 5.38. The minimum absolute atomic E-state index is 0.0377. The topological polar surface area (TPSA) is 49.4 Å². The van der Waals surface area contributed by atoms with Gasteiger partial charge in [-0.25, -0.2) is 4.79 Å². The number of rotatable bonds is 3.